The van der Waals surface area contributed by atoms with Gasteiger partial charge in [-0.2, -0.15) is 11.8 Å². The number of unbranched alkanes of at least 4 members (excludes halogenated alkanes) is 13. The van der Waals surface area contributed by atoms with Gasteiger partial charge in [0.15, 0.2) is 0 Å². The summed E-state index contributed by atoms with van der Waals surface area (Å²) >= 11 is 1.87. The van der Waals surface area contributed by atoms with Gasteiger partial charge in [-0.25, -0.2) is 4.79 Å². The van der Waals surface area contributed by atoms with Crippen LogP contribution >= 0.6 is 19.8 Å². The highest BCUT2D eigenvalue weighted by atomic mass is 32.2. The topological polar surface area (TPSA) is 82.1 Å². The Balaban J connectivity index is 4.74. The van der Waals surface area contributed by atoms with Crippen molar-refractivity contribution in [2.45, 2.75) is 154 Å². The van der Waals surface area contributed by atoms with Crippen molar-refractivity contribution in [3.05, 3.63) is 0 Å². The Bertz CT molecular complexity index is 550. The Morgan fingerprint density at radius 2 is 1.33 bits per heavy atom. The average molecular weight is 552 g/mol. The lowest BCUT2D eigenvalue weighted by molar-refractivity contribution is -0.196. The molecule has 0 aliphatic carbocycles. The van der Waals surface area contributed by atoms with E-state index in [0.717, 1.165) is 32.1 Å². The number of carbonyl (C=O) groups is 1. The van der Waals surface area contributed by atoms with E-state index in [1.807, 2.05) is 25.6 Å². The van der Waals surface area contributed by atoms with Crippen LogP contribution in [0.4, 0.5) is 0 Å². The number of thioether (sulfide) groups is 1. The summed E-state index contributed by atoms with van der Waals surface area (Å²) in [6.07, 6.45) is 20.1. The van der Waals surface area contributed by atoms with Crippen LogP contribution in [0.5, 0.6) is 0 Å². The fourth-order valence-electron chi connectivity index (χ4n) is 4.08. The number of rotatable bonds is 26. The van der Waals surface area contributed by atoms with Gasteiger partial charge in [0.25, 0.3) is 0 Å². The molecule has 0 aromatic rings. The summed E-state index contributed by atoms with van der Waals surface area (Å²) in [7, 11) is -1.68. The molecule has 1 N–H and O–H groups in total. The van der Waals surface area contributed by atoms with Crippen molar-refractivity contribution in [3.8, 4) is 0 Å². The number of methoxy groups -OCH3 is 1. The first-order valence-electron chi connectivity index (χ1n) is 14.6. The molecule has 0 rings (SSSR count). The maximum atomic E-state index is 12.9. The second kappa shape index (κ2) is 23.9. The molecular formula is C28H56O6PS+. The lowest BCUT2D eigenvalue weighted by Gasteiger charge is -2.21. The Morgan fingerprint density at radius 1 is 0.833 bits per heavy atom. The lowest BCUT2D eigenvalue weighted by atomic mass is 10.1. The molecule has 8 heteroatoms. The van der Waals surface area contributed by atoms with E-state index in [1.165, 1.54) is 83.5 Å². The second-order valence-corrected chi connectivity index (χ2v) is 12.5. The van der Waals surface area contributed by atoms with E-state index in [0.29, 0.717) is 6.42 Å². The molecule has 4 atom stereocenters. The molecule has 0 radical (unpaired) electrons. The van der Waals surface area contributed by atoms with E-state index in [-0.39, 0.29) is 18.0 Å². The van der Waals surface area contributed by atoms with Gasteiger partial charge < -0.3 is 9.84 Å². The maximum absolute atomic E-state index is 12.9. The van der Waals surface area contributed by atoms with Crippen LogP contribution in [0.25, 0.3) is 0 Å². The summed E-state index contributed by atoms with van der Waals surface area (Å²) in [5, 5.41) is 10.8. The van der Waals surface area contributed by atoms with E-state index < -0.39 is 19.5 Å². The minimum atomic E-state index is -2.82. The molecule has 0 fully saturated rings. The Hall–Kier alpha value is -0.200. The van der Waals surface area contributed by atoms with Crippen molar-refractivity contribution in [3.63, 3.8) is 0 Å². The van der Waals surface area contributed by atoms with Gasteiger partial charge in [-0.05, 0) is 36.5 Å². The van der Waals surface area contributed by atoms with E-state index >= 15 is 0 Å². The molecule has 0 aromatic heterocycles. The summed E-state index contributed by atoms with van der Waals surface area (Å²) < 4.78 is 28.6. The smallest absolute Gasteiger partial charge is 0.461 e. The molecule has 0 heterocycles. The summed E-state index contributed by atoms with van der Waals surface area (Å²) in [5.41, 5.74) is -2.57. The highest BCUT2D eigenvalue weighted by Crippen LogP contribution is 2.43. The number of hydrogen-bond donors (Lipinski definition) is 1. The summed E-state index contributed by atoms with van der Waals surface area (Å²) in [4.78, 5) is 12.1. The predicted octanol–water partition coefficient (Wildman–Crippen LogP) is 8.76. The summed E-state index contributed by atoms with van der Waals surface area (Å²) in [5.74, 6) is -0.0480. The van der Waals surface area contributed by atoms with Crippen molar-refractivity contribution >= 4 is 25.8 Å². The van der Waals surface area contributed by atoms with Crippen molar-refractivity contribution in [1.29, 1.82) is 0 Å². The number of esters is 1. The zero-order valence-corrected chi connectivity index (χ0v) is 25.6. The van der Waals surface area contributed by atoms with Gasteiger partial charge >= 0.3 is 19.5 Å². The van der Waals surface area contributed by atoms with Crippen LogP contribution in [0, 0.1) is 0 Å². The van der Waals surface area contributed by atoms with Gasteiger partial charge in [-0.15, -0.1) is 4.52 Å². The van der Waals surface area contributed by atoms with Gasteiger partial charge in [0.05, 0.1) is 13.7 Å². The maximum Gasteiger partial charge on any atom is 0.589 e. The van der Waals surface area contributed by atoms with Crippen molar-refractivity contribution in [2.75, 3.05) is 19.5 Å². The molecule has 0 aliphatic rings. The molecule has 4 unspecified atom stereocenters. The third kappa shape index (κ3) is 16.6. The van der Waals surface area contributed by atoms with Crippen molar-refractivity contribution in [1.82, 2.24) is 0 Å². The normalized spacial score (nSPS) is 15.3. The van der Waals surface area contributed by atoms with Crippen LogP contribution in [0.3, 0.4) is 0 Å². The van der Waals surface area contributed by atoms with Crippen LogP contribution in [-0.4, -0.2) is 47.4 Å². The van der Waals surface area contributed by atoms with Crippen molar-refractivity contribution < 1.29 is 28.5 Å². The van der Waals surface area contributed by atoms with Crippen LogP contribution in [0.1, 0.15) is 137 Å². The molecule has 0 aromatic carbocycles. The molecule has 36 heavy (non-hydrogen) atoms. The number of ether oxygens (including phenoxy) is 2. The lowest BCUT2D eigenvalue weighted by Crippen LogP contribution is -2.40. The van der Waals surface area contributed by atoms with Gasteiger partial charge in [0, 0.05) is 5.25 Å². The van der Waals surface area contributed by atoms with E-state index in [4.69, 9.17) is 9.26 Å². The third-order valence-corrected chi connectivity index (χ3v) is 9.32. The molecule has 6 nitrogen and oxygen atoms in total. The largest absolute Gasteiger partial charge is 0.589 e. The number of aliphatic hydroxyl groups is 1. The van der Waals surface area contributed by atoms with Crippen LogP contribution in [0.2, 0.25) is 0 Å². The third-order valence-electron chi connectivity index (χ3n) is 6.41. The van der Waals surface area contributed by atoms with E-state index in [9.17, 15) is 14.5 Å². The molecule has 0 spiro atoms. The standard InChI is InChI=1S/C28H56O6PS/c1-6-9-11-13-15-16-17-19-21-24-36-26(22-20-18-14-12-10-7-2)25(4)34-35(31)28(30,27(29)32-5)33-23-8-3/h25-26,30H,6-24H2,1-5H3/q+1. The fraction of sp³-hybridized carbons (Fsp3) is 0.964. The summed E-state index contributed by atoms with van der Waals surface area (Å²) in [6, 6.07) is 0. The predicted molar refractivity (Wildman–Crippen MR) is 153 cm³/mol. The van der Waals surface area contributed by atoms with E-state index in [1.54, 1.807) is 0 Å². The first-order valence-corrected chi connectivity index (χ1v) is 16.8. The van der Waals surface area contributed by atoms with Gasteiger partial charge in [-0.1, -0.05) is 111 Å². The molecule has 0 aliphatic heterocycles. The number of hydrogen-bond acceptors (Lipinski definition) is 7. The highest BCUT2D eigenvalue weighted by Gasteiger charge is 2.62. The van der Waals surface area contributed by atoms with Gasteiger partial charge in [0.1, 0.15) is 6.10 Å². The fourth-order valence-corrected chi connectivity index (χ4v) is 6.53. The molecule has 0 saturated heterocycles. The molecular weight excluding hydrogens is 495 g/mol. The Labute approximate surface area is 227 Å². The molecule has 0 amide bonds. The SMILES string of the molecule is CCCCCCCCCCCSC(CCCCCCCC)C(C)O[P+](=O)C(O)(OCCC)C(=O)OC. The van der Waals surface area contributed by atoms with Crippen LogP contribution in [0.15, 0.2) is 0 Å². The second-order valence-electron chi connectivity index (χ2n) is 9.81. The zero-order chi connectivity index (χ0) is 27.1. The van der Waals surface area contributed by atoms with Gasteiger partial charge in [-0.3, -0.25) is 4.74 Å². The molecule has 0 saturated carbocycles. The minimum absolute atomic E-state index is 0.0823. The molecule has 0 bridgehead atoms. The minimum Gasteiger partial charge on any atom is -0.461 e. The Kier molecular flexibility index (Phi) is 23.8. The van der Waals surface area contributed by atoms with E-state index in [2.05, 4.69) is 18.6 Å². The zero-order valence-electron chi connectivity index (χ0n) is 23.9. The summed E-state index contributed by atoms with van der Waals surface area (Å²) in [6.45, 7) is 8.28. The monoisotopic (exact) mass is 551 g/mol. The Morgan fingerprint density at radius 3 is 1.83 bits per heavy atom. The van der Waals surface area contributed by atoms with Gasteiger partial charge in [0.2, 0.25) is 0 Å². The quantitative estimate of drug-likeness (QED) is 0.0498. The van der Waals surface area contributed by atoms with Crippen molar-refractivity contribution in [2.24, 2.45) is 0 Å². The number of carbonyl (C=O) groups excluding carboxylic acids is 1. The first kappa shape index (κ1) is 35.8. The highest BCUT2D eigenvalue weighted by molar-refractivity contribution is 7.99. The van der Waals surface area contributed by atoms with Crippen LogP contribution < -0.4 is 0 Å². The van der Waals surface area contributed by atoms with Crippen LogP contribution in [-0.2, 0) is 23.4 Å². The first-order chi connectivity index (χ1) is 17.4. The molecule has 214 valence electrons. The average Bonchev–Trinajstić information content (AvgIpc) is 2.88.